The number of rotatable bonds is 5. The van der Waals surface area contributed by atoms with E-state index in [4.69, 9.17) is 16.2 Å². The van der Waals surface area contributed by atoms with Crippen LogP contribution in [0.3, 0.4) is 0 Å². The van der Waals surface area contributed by atoms with Crippen molar-refractivity contribution in [1.82, 2.24) is 0 Å². The van der Waals surface area contributed by atoms with Crippen LogP contribution >= 0.6 is 0 Å². The molecule has 5 N–H and O–H groups in total. The molecule has 96 valence electrons. The van der Waals surface area contributed by atoms with Crippen LogP contribution in [0.2, 0.25) is 0 Å². The number of nitrogens with two attached hydrogens (primary N) is 2. The first-order valence-corrected chi connectivity index (χ1v) is 5.23. The van der Waals surface area contributed by atoms with Crippen molar-refractivity contribution in [1.29, 1.82) is 0 Å². The Kier molecular flexibility index (Phi) is 4.31. The third-order valence-corrected chi connectivity index (χ3v) is 2.18. The molecule has 0 spiro atoms. The number of carbonyl (C=O) groups excluding carboxylic acids is 2. The molecular formula is C12H15N3O3. The number of primary amides is 1. The van der Waals surface area contributed by atoms with Gasteiger partial charge in [-0.3, -0.25) is 9.59 Å². The van der Waals surface area contributed by atoms with E-state index < -0.39 is 12.0 Å². The lowest BCUT2D eigenvalue weighted by molar-refractivity contribution is -0.124. The van der Waals surface area contributed by atoms with Gasteiger partial charge in [-0.15, -0.1) is 0 Å². The van der Waals surface area contributed by atoms with Crippen LogP contribution in [-0.2, 0) is 9.59 Å². The van der Waals surface area contributed by atoms with Crippen molar-refractivity contribution in [3.63, 3.8) is 0 Å². The minimum Gasteiger partial charge on any atom is -0.481 e. The lowest BCUT2D eigenvalue weighted by Gasteiger charge is -2.13. The second kappa shape index (κ2) is 5.72. The van der Waals surface area contributed by atoms with E-state index in [1.165, 1.54) is 13.0 Å². The molecular weight excluding hydrogens is 234 g/mol. The van der Waals surface area contributed by atoms with Crippen molar-refractivity contribution in [2.24, 2.45) is 5.73 Å². The number of hydrogen-bond donors (Lipinski definition) is 3. The molecule has 0 heterocycles. The van der Waals surface area contributed by atoms with Gasteiger partial charge in [-0.2, -0.15) is 0 Å². The fourth-order valence-electron chi connectivity index (χ4n) is 1.16. The van der Waals surface area contributed by atoms with E-state index in [0.717, 1.165) is 6.08 Å². The summed E-state index contributed by atoms with van der Waals surface area (Å²) in [4.78, 5) is 22.0. The van der Waals surface area contributed by atoms with E-state index >= 15 is 0 Å². The van der Waals surface area contributed by atoms with E-state index in [9.17, 15) is 9.59 Å². The van der Waals surface area contributed by atoms with Crippen molar-refractivity contribution in [2.45, 2.75) is 13.0 Å². The zero-order chi connectivity index (χ0) is 13.7. The van der Waals surface area contributed by atoms with E-state index in [1.807, 2.05) is 0 Å². The van der Waals surface area contributed by atoms with Gasteiger partial charge in [-0.1, -0.05) is 6.58 Å². The maximum atomic E-state index is 11.2. The molecule has 0 fully saturated rings. The molecule has 0 bridgehead atoms. The highest BCUT2D eigenvalue weighted by molar-refractivity contribution is 6.01. The summed E-state index contributed by atoms with van der Waals surface area (Å²) >= 11 is 0. The van der Waals surface area contributed by atoms with Crippen LogP contribution < -0.4 is 21.5 Å². The lowest BCUT2D eigenvalue weighted by atomic mass is 10.2. The quantitative estimate of drug-likeness (QED) is 0.525. The molecule has 18 heavy (non-hydrogen) atoms. The minimum absolute atomic E-state index is 0.379. The van der Waals surface area contributed by atoms with Crippen molar-refractivity contribution in [3.05, 3.63) is 30.9 Å². The number of amides is 2. The average molecular weight is 249 g/mol. The summed E-state index contributed by atoms with van der Waals surface area (Å²) in [6, 6.07) is 4.65. The maximum absolute atomic E-state index is 11.2. The van der Waals surface area contributed by atoms with Crippen molar-refractivity contribution >= 4 is 23.2 Å². The Hall–Kier alpha value is -2.50. The fourth-order valence-corrected chi connectivity index (χ4v) is 1.16. The van der Waals surface area contributed by atoms with Gasteiger partial charge in [0.2, 0.25) is 5.91 Å². The molecule has 1 rings (SSSR count). The number of carbonyl (C=O) groups is 2. The van der Waals surface area contributed by atoms with Crippen LogP contribution in [0.1, 0.15) is 6.92 Å². The van der Waals surface area contributed by atoms with E-state index in [0.29, 0.717) is 17.1 Å². The molecule has 0 saturated heterocycles. The van der Waals surface area contributed by atoms with E-state index in [2.05, 4.69) is 11.9 Å². The Morgan fingerprint density at radius 2 is 2.17 bits per heavy atom. The van der Waals surface area contributed by atoms with Crippen molar-refractivity contribution in [3.8, 4) is 5.75 Å². The first-order valence-electron chi connectivity index (χ1n) is 5.23. The minimum atomic E-state index is -0.767. The molecule has 0 aliphatic rings. The molecule has 0 aromatic heterocycles. The number of ether oxygens (including phenoxy) is 1. The Morgan fingerprint density at radius 1 is 1.50 bits per heavy atom. The molecule has 0 aliphatic carbocycles. The molecule has 0 radical (unpaired) electrons. The normalized spacial score (nSPS) is 11.4. The van der Waals surface area contributed by atoms with Gasteiger partial charge >= 0.3 is 0 Å². The second-order valence-corrected chi connectivity index (χ2v) is 3.60. The molecule has 1 aromatic carbocycles. The largest absolute Gasteiger partial charge is 0.481 e. The fraction of sp³-hybridized carbons (Fsp3) is 0.167. The topological polar surface area (TPSA) is 107 Å². The predicted molar refractivity (Wildman–Crippen MR) is 69.0 cm³/mol. The van der Waals surface area contributed by atoms with Crippen LogP contribution in [0, 0.1) is 0 Å². The van der Waals surface area contributed by atoms with Gasteiger partial charge in [-0.25, -0.2) is 0 Å². The molecule has 0 unspecified atom stereocenters. The zero-order valence-corrected chi connectivity index (χ0v) is 9.97. The predicted octanol–water partition coefficient (Wildman–Crippen LogP) is 0.646. The molecule has 2 amide bonds. The number of benzene rings is 1. The summed E-state index contributed by atoms with van der Waals surface area (Å²) in [5, 5.41) is 2.52. The first-order chi connectivity index (χ1) is 8.43. The molecule has 0 saturated carbocycles. The third-order valence-electron chi connectivity index (χ3n) is 2.18. The van der Waals surface area contributed by atoms with Crippen LogP contribution in [0.5, 0.6) is 5.75 Å². The summed E-state index contributed by atoms with van der Waals surface area (Å²) in [5.41, 5.74) is 11.5. The highest BCUT2D eigenvalue weighted by Gasteiger charge is 2.11. The number of hydrogen-bond acceptors (Lipinski definition) is 4. The zero-order valence-electron chi connectivity index (χ0n) is 9.97. The van der Waals surface area contributed by atoms with Gasteiger partial charge in [0.05, 0.1) is 11.4 Å². The highest BCUT2D eigenvalue weighted by atomic mass is 16.5. The summed E-state index contributed by atoms with van der Waals surface area (Å²) in [6.45, 7) is 4.86. The Bertz CT molecular complexity index is 485. The standard InChI is InChI=1S/C12H15N3O3/c1-3-11(16)15-10-6-8(4-5-9(10)13)18-7(2)12(14)17/h3-7H,1,13H2,2H3,(H2,14,17)(H,15,16)/t7-/m1/s1. The molecule has 6 nitrogen and oxygen atoms in total. The summed E-state index contributed by atoms with van der Waals surface area (Å²) in [5.74, 6) is -0.583. The smallest absolute Gasteiger partial charge is 0.258 e. The average Bonchev–Trinajstić information content (AvgIpc) is 2.33. The molecule has 6 heteroatoms. The number of anilines is 2. The van der Waals surface area contributed by atoms with Gasteiger partial charge in [0.1, 0.15) is 5.75 Å². The highest BCUT2D eigenvalue weighted by Crippen LogP contribution is 2.25. The molecule has 1 aromatic rings. The van der Waals surface area contributed by atoms with Gasteiger partial charge in [0, 0.05) is 6.07 Å². The number of nitrogen functional groups attached to an aromatic ring is 1. The third kappa shape index (κ3) is 3.51. The van der Waals surface area contributed by atoms with Crippen LogP contribution in [0.25, 0.3) is 0 Å². The summed E-state index contributed by atoms with van der Waals surface area (Å²) in [6.07, 6.45) is 0.357. The Morgan fingerprint density at radius 3 is 2.72 bits per heavy atom. The SMILES string of the molecule is C=CC(=O)Nc1cc(O[C@H](C)C(N)=O)ccc1N. The number of nitrogens with one attached hydrogen (secondary N) is 1. The van der Waals surface area contributed by atoms with Gasteiger partial charge in [0.25, 0.3) is 5.91 Å². The lowest BCUT2D eigenvalue weighted by Crippen LogP contribution is -2.30. The van der Waals surface area contributed by atoms with Gasteiger partial charge < -0.3 is 21.5 Å². The van der Waals surface area contributed by atoms with Crippen molar-refractivity contribution in [2.75, 3.05) is 11.1 Å². The maximum Gasteiger partial charge on any atom is 0.258 e. The summed E-state index contributed by atoms with van der Waals surface area (Å²) in [7, 11) is 0. The van der Waals surface area contributed by atoms with Gasteiger partial charge in [-0.05, 0) is 25.1 Å². The van der Waals surface area contributed by atoms with Gasteiger partial charge in [0.15, 0.2) is 6.10 Å². The van der Waals surface area contributed by atoms with Crippen LogP contribution in [0.15, 0.2) is 30.9 Å². The van der Waals surface area contributed by atoms with Crippen molar-refractivity contribution < 1.29 is 14.3 Å². The molecule has 1 atom stereocenters. The van der Waals surface area contributed by atoms with E-state index in [1.54, 1.807) is 12.1 Å². The van der Waals surface area contributed by atoms with Crippen LogP contribution in [-0.4, -0.2) is 17.9 Å². The second-order valence-electron chi connectivity index (χ2n) is 3.60. The summed E-state index contributed by atoms with van der Waals surface area (Å²) < 4.78 is 5.28. The first kappa shape index (κ1) is 13.6. The Balaban J connectivity index is 2.89. The van der Waals surface area contributed by atoms with E-state index in [-0.39, 0.29) is 5.91 Å². The monoisotopic (exact) mass is 249 g/mol. The Labute approximate surface area is 105 Å². The van der Waals surface area contributed by atoms with Crippen LogP contribution in [0.4, 0.5) is 11.4 Å². The molecule has 0 aliphatic heterocycles.